The molecule has 126 valence electrons. The maximum atomic E-state index is 12.7. The van der Waals surface area contributed by atoms with Gasteiger partial charge in [0.1, 0.15) is 17.1 Å². The average molecular weight is 394 g/mol. The molecule has 7 heteroatoms. The van der Waals surface area contributed by atoms with E-state index in [1.54, 1.807) is 36.4 Å². The minimum Gasteiger partial charge on any atom is -0.496 e. The van der Waals surface area contributed by atoms with Gasteiger partial charge in [0.25, 0.3) is 5.91 Å². The van der Waals surface area contributed by atoms with Gasteiger partial charge < -0.3 is 19.5 Å². The van der Waals surface area contributed by atoms with Crippen LogP contribution in [0.2, 0.25) is 0 Å². The Morgan fingerprint density at radius 2 is 1.62 bits per heavy atom. The fourth-order valence-electron chi connectivity index (χ4n) is 2.16. The maximum Gasteiger partial charge on any atom is 0.340 e. The summed E-state index contributed by atoms with van der Waals surface area (Å²) >= 11 is 3.29. The lowest BCUT2D eigenvalue weighted by molar-refractivity contribution is 0.0602. The van der Waals surface area contributed by atoms with E-state index in [4.69, 9.17) is 14.2 Å². The first kappa shape index (κ1) is 17.8. The zero-order chi connectivity index (χ0) is 17.7. The number of anilines is 1. The molecular formula is C17H16BrNO5. The fourth-order valence-corrected chi connectivity index (χ4v) is 2.53. The molecule has 0 atom stereocenters. The summed E-state index contributed by atoms with van der Waals surface area (Å²) in [6.07, 6.45) is 0. The van der Waals surface area contributed by atoms with E-state index in [1.165, 1.54) is 21.3 Å². The lowest BCUT2D eigenvalue weighted by Gasteiger charge is -2.14. The Labute approximate surface area is 147 Å². The largest absolute Gasteiger partial charge is 0.496 e. The maximum absolute atomic E-state index is 12.7. The second kappa shape index (κ2) is 7.83. The predicted molar refractivity (Wildman–Crippen MR) is 93.0 cm³/mol. The monoisotopic (exact) mass is 393 g/mol. The second-order valence-corrected chi connectivity index (χ2v) is 5.59. The highest BCUT2D eigenvalue weighted by Gasteiger charge is 2.21. The van der Waals surface area contributed by atoms with Crippen LogP contribution in [0.3, 0.4) is 0 Å². The molecular weight excluding hydrogens is 378 g/mol. The van der Waals surface area contributed by atoms with E-state index in [0.29, 0.717) is 21.7 Å². The van der Waals surface area contributed by atoms with Gasteiger partial charge in [-0.15, -0.1) is 0 Å². The summed E-state index contributed by atoms with van der Waals surface area (Å²) in [6.45, 7) is 0. The summed E-state index contributed by atoms with van der Waals surface area (Å²) in [5.41, 5.74) is 0.790. The van der Waals surface area contributed by atoms with E-state index in [2.05, 4.69) is 21.2 Å². The third kappa shape index (κ3) is 3.68. The lowest BCUT2D eigenvalue weighted by Crippen LogP contribution is -2.17. The normalized spacial score (nSPS) is 10.0. The molecule has 0 unspecified atom stereocenters. The van der Waals surface area contributed by atoms with Gasteiger partial charge in [-0.1, -0.05) is 22.0 Å². The van der Waals surface area contributed by atoms with Crippen LogP contribution in [0.5, 0.6) is 11.5 Å². The first-order valence-corrected chi connectivity index (χ1v) is 7.71. The van der Waals surface area contributed by atoms with Gasteiger partial charge in [-0.2, -0.15) is 0 Å². The number of hydrogen-bond donors (Lipinski definition) is 1. The van der Waals surface area contributed by atoms with Crippen LogP contribution in [0.15, 0.2) is 40.9 Å². The highest BCUT2D eigenvalue weighted by Crippen LogP contribution is 2.30. The highest BCUT2D eigenvalue weighted by atomic mass is 79.9. The molecule has 24 heavy (non-hydrogen) atoms. The zero-order valence-corrected chi connectivity index (χ0v) is 15.0. The molecule has 0 aliphatic heterocycles. The summed E-state index contributed by atoms with van der Waals surface area (Å²) in [5, 5.41) is 2.70. The van der Waals surface area contributed by atoms with Gasteiger partial charge in [0.05, 0.1) is 32.6 Å². The molecule has 0 heterocycles. The topological polar surface area (TPSA) is 73.9 Å². The Morgan fingerprint density at radius 3 is 2.17 bits per heavy atom. The van der Waals surface area contributed by atoms with Gasteiger partial charge in [0.2, 0.25) is 0 Å². The van der Waals surface area contributed by atoms with Crippen molar-refractivity contribution in [2.75, 3.05) is 26.6 Å². The molecule has 0 aliphatic carbocycles. The number of rotatable bonds is 5. The molecule has 0 aromatic heterocycles. The van der Waals surface area contributed by atoms with Crippen LogP contribution < -0.4 is 14.8 Å². The molecule has 2 aromatic rings. The van der Waals surface area contributed by atoms with Gasteiger partial charge in [0, 0.05) is 4.47 Å². The quantitative estimate of drug-likeness (QED) is 0.786. The Bertz CT molecular complexity index is 753. The third-order valence-corrected chi connectivity index (χ3v) is 3.78. The number of ether oxygens (including phenoxy) is 3. The van der Waals surface area contributed by atoms with Crippen LogP contribution >= 0.6 is 15.9 Å². The van der Waals surface area contributed by atoms with Gasteiger partial charge in [-0.25, -0.2) is 4.79 Å². The van der Waals surface area contributed by atoms with Crippen LogP contribution in [0.4, 0.5) is 5.69 Å². The van der Waals surface area contributed by atoms with E-state index >= 15 is 0 Å². The minimum atomic E-state index is -0.557. The molecule has 2 rings (SSSR count). The predicted octanol–water partition coefficient (Wildman–Crippen LogP) is 3.51. The molecule has 0 radical (unpaired) electrons. The number of amides is 1. The Balaban J connectivity index is 2.43. The molecule has 0 fully saturated rings. The van der Waals surface area contributed by atoms with Crippen molar-refractivity contribution in [3.63, 3.8) is 0 Å². The minimum absolute atomic E-state index is 0.231. The molecule has 0 spiro atoms. The number of halogens is 1. The SMILES string of the molecule is COC(=O)c1cc(Br)ccc1NC(=O)c1c(OC)cccc1OC. The van der Waals surface area contributed by atoms with Gasteiger partial charge >= 0.3 is 5.97 Å². The second-order valence-electron chi connectivity index (χ2n) is 4.67. The summed E-state index contributed by atoms with van der Waals surface area (Å²) in [6, 6.07) is 9.91. The van der Waals surface area contributed by atoms with E-state index < -0.39 is 11.9 Å². The fraction of sp³-hybridized carbons (Fsp3) is 0.176. The Kier molecular flexibility index (Phi) is 5.81. The van der Waals surface area contributed by atoms with Crippen LogP contribution in [-0.2, 0) is 4.74 Å². The van der Waals surface area contributed by atoms with Crippen LogP contribution in [0, 0.1) is 0 Å². The molecule has 0 saturated heterocycles. The molecule has 0 saturated carbocycles. The Morgan fingerprint density at radius 1 is 1.00 bits per heavy atom. The number of esters is 1. The van der Waals surface area contributed by atoms with Crippen molar-refractivity contribution < 1.29 is 23.8 Å². The van der Waals surface area contributed by atoms with E-state index in [-0.39, 0.29) is 11.1 Å². The molecule has 1 N–H and O–H groups in total. The van der Waals surface area contributed by atoms with Gasteiger partial charge in [0.15, 0.2) is 0 Å². The summed E-state index contributed by atoms with van der Waals surface area (Å²) in [7, 11) is 4.20. The number of carbonyl (C=O) groups is 2. The number of methoxy groups -OCH3 is 3. The van der Waals surface area contributed by atoms with Crippen LogP contribution in [0.1, 0.15) is 20.7 Å². The van der Waals surface area contributed by atoms with Crippen molar-refractivity contribution in [1.82, 2.24) is 0 Å². The molecule has 2 aromatic carbocycles. The van der Waals surface area contributed by atoms with Gasteiger partial charge in [-0.3, -0.25) is 4.79 Å². The van der Waals surface area contributed by atoms with Gasteiger partial charge in [-0.05, 0) is 30.3 Å². The van der Waals surface area contributed by atoms with E-state index in [9.17, 15) is 9.59 Å². The molecule has 1 amide bonds. The van der Waals surface area contributed by atoms with Crippen LogP contribution in [0.25, 0.3) is 0 Å². The van der Waals surface area contributed by atoms with Crippen molar-refractivity contribution >= 4 is 33.5 Å². The third-order valence-electron chi connectivity index (χ3n) is 3.29. The first-order chi connectivity index (χ1) is 11.5. The van der Waals surface area contributed by atoms with Crippen molar-refractivity contribution in [1.29, 1.82) is 0 Å². The standard InChI is InChI=1S/C17H16BrNO5/c1-22-13-5-4-6-14(23-2)15(13)16(20)19-12-8-7-10(18)9-11(12)17(21)24-3/h4-9H,1-3H3,(H,19,20). The van der Waals surface area contributed by atoms with E-state index in [0.717, 1.165) is 0 Å². The molecule has 0 bridgehead atoms. The Hall–Kier alpha value is -2.54. The highest BCUT2D eigenvalue weighted by molar-refractivity contribution is 9.10. The summed E-state index contributed by atoms with van der Waals surface area (Å²) in [4.78, 5) is 24.6. The van der Waals surface area contributed by atoms with E-state index in [1.807, 2.05) is 0 Å². The number of carbonyl (C=O) groups excluding carboxylic acids is 2. The van der Waals surface area contributed by atoms with Crippen molar-refractivity contribution in [3.8, 4) is 11.5 Å². The number of nitrogens with one attached hydrogen (secondary N) is 1. The zero-order valence-electron chi connectivity index (χ0n) is 13.4. The smallest absolute Gasteiger partial charge is 0.340 e. The number of benzene rings is 2. The molecule has 0 aliphatic rings. The first-order valence-electron chi connectivity index (χ1n) is 6.92. The summed E-state index contributed by atoms with van der Waals surface area (Å²) in [5.74, 6) is -0.289. The number of hydrogen-bond acceptors (Lipinski definition) is 5. The lowest BCUT2D eigenvalue weighted by atomic mass is 10.1. The summed E-state index contributed by atoms with van der Waals surface area (Å²) < 4.78 is 15.9. The molecule has 6 nitrogen and oxygen atoms in total. The van der Waals surface area contributed by atoms with Crippen molar-refractivity contribution in [2.45, 2.75) is 0 Å². The average Bonchev–Trinajstić information content (AvgIpc) is 2.61. The van der Waals surface area contributed by atoms with Crippen molar-refractivity contribution in [3.05, 3.63) is 52.0 Å². The van der Waals surface area contributed by atoms with Crippen LogP contribution in [-0.4, -0.2) is 33.2 Å². The van der Waals surface area contributed by atoms with Crippen molar-refractivity contribution in [2.24, 2.45) is 0 Å².